The normalized spacial score (nSPS) is 10.6. The third-order valence-electron chi connectivity index (χ3n) is 2.78. The van der Waals surface area contributed by atoms with Gasteiger partial charge in [0.15, 0.2) is 0 Å². The van der Waals surface area contributed by atoms with Gasteiger partial charge in [0.05, 0.1) is 0 Å². The van der Waals surface area contributed by atoms with E-state index in [1.54, 1.807) is 0 Å². The standard InChI is InChI=1S/C12H24N2O2/c1-2-3-4-5-6-7-8-9-10(11(13)15)12(14)16/h10H,2-9H2,1H3,(H2,13,15)(H2,14,16). The number of hydrogen-bond acceptors (Lipinski definition) is 2. The fourth-order valence-corrected chi connectivity index (χ4v) is 1.73. The maximum Gasteiger partial charge on any atom is 0.229 e. The zero-order valence-electron chi connectivity index (χ0n) is 10.2. The fraction of sp³-hybridized carbons (Fsp3) is 0.833. The summed E-state index contributed by atoms with van der Waals surface area (Å²) >= 11 is 0. The molecule has 4 N–H and O–H groups in total. The molecule has 0 spiro atoms. The first-order valence-electron chi connectivity index (χ1n) is 6.18. The topological polar surface area (TPSA) is 86.2 Å². The van der Waals surface area contributed by atoms with E-state index in [0.29, 0.717) is 6.42 Å². The van der Waals surface area contributed by atoms with Crippen molar-refractivity contribution in [3.63, 3.8) is 0 Å². The van der Waals surface area contributed by atoms with Gasteiger partial charge in [0.2, 0.25) is 11.8 Å². The molecule has 0 saturated carbocycles. The second kappa shape index (κ2) is 9.19. The van der Waals surface area contributed by atoms with Crippen LogP contribution < -0.4 is 11.5 Å². The molecule has 16 heavy (non-hydrogen) atoms. The first-order valence-corrected chi connectivity index (χ1v) is 6.18. The van der Waals surface area contributed by atoms with Gasteiger partial charge in [-0.25, -0.2) is 0 Å². The molecule has 2 amide bonds. The van der Waals surface area contributed by atoms with Crippen LogP contribution in [0, 0.1) is 5.92 Å². The number of rotatable bonds is 10. The van der Waals surface area contributed by atoms with Crippen molar-refractivity contribution in [3.05, 3.63) is 0 Å². The van der Waals surface area contributed by atoms with Gasteiger partial charge in [0.25, 0.3) is 0 Å². The van der Waals surface area contributed by atoms with Gasteiger partial charge >= 0.3 is 0 Å². The molecule has 0 aromatic carbocycles. The molecule has 4 nitrogen and oxygen atoms in total. The minimum Gasteiger partial charge on any atom is -0.369 e. The van der Waals surface area contributed by atoms with Gasteiger partial charge in [0.1, 0.15) is 5.92 Å². The Labute approximate surface area is 97.8 Å². The van der Waals surface area contributed by atoms with Crippen LogP contribution in [0.4, 0.5) is 0 Å². The Morgan fingerprint density at radius 2 is 1.31 bits per heavy atom. The number of carbonyl (C=O) groups is 2. The predicted molar refractivity (Wildman–Crippen MR) is 64.5 cm³/mol. The summed E-state index contributed by atoms with van der Waals surface area (Å²) in [5.74, 6) is -1.98. The first-order chi connectivity index (χ1) is 7.59. The number of carbonyl (C=O) groups excluding carboxylic acids is 2. The minimum atomic E-state index is -0.782. The van der Waals surface area contributed by atoms with Crippen molar-refractivity contribution in [2.24, 2.45) is 17.4 Å². The van der Waals surface area contributed by atoms with Crippen molar-refractivity contribution < 1.29 is 9.59 Å². The van der Waals surface area contributed by atoms with Crippen LogP contribution in [0.5, 0.6) is 0 Å². The highest BCUT2D eigenvalue weighted by Gasteiger charge is 2.20. The summed E-state index contributed by atoms with van der Waals surface area (Å²) in [6, 6.07) is 0. The Morgan fingerprint density at radius 3 is 1.75 bits per heavy atom. The maximum absolute atomic E-state index is 10.9. The van der Waals surface area contributed by atoms with Crippen LogP contribution in [0.15, 0.2) is 0 Å². The van der Waals surface area contributed by atoms with E-state index in [-0.39, 0.29) is 0 Å². The molecule has 0 heterocycles. The lowest BCUT2D eigenvalue weighted by Gasteiger charge is -2.08. The zero-order valence-corrected chi connectivity index (χ0v) is 10.2. The van der Waals surface area contributed by atoms with Gasteiger partial charge in [-0.2, -0.15) is 0 Å². The number of amides is 2. The maximum atomic E-state index is 10.9. The van der Waals surface area contributed by atoms with E-state index >= 15 is 0 Å². The Bertz CT molecular complexity index is 203. The van der Waals surface area contributed by atoms with Crippen molar-refractivity contribution in [2.45, 2.75) is 58.3 Å². The van der Waals surface area contributed by atoms with Crippen molar-refractivity contribution in [1.82, 2.24) is 0 Å². The Kier molecular flexibility index (Phi) is 8.58. The third-order valence-corrected chi connectivity index (χ3v) is 2.78. The molecular weight excluding hydrogens is 204 g/mol. The van der Waals surface area contributed by atoms with Gasteiger partial charge in [-0.15, -0.1) is 0 Å². The summed E-state index contributed by atoms with van der Waals surface area (Å²) in [7, 11) is 0. The van der Waals surface area contributed by atoms with Gasteiger partial charge in [-0.1, -0.05) is 51.9 Å². The Balaban J connectivity index is 3.48. The highest BCUT2D eigenvalue weighted by molar-refractivity contribution is 5.98. The van der Waals surface area contributed by atoms with Crippen LogP contribution in [0.1, 0.15) is 58.3 Å². The third kappa shape index (κ3) is 7.26. The SMILES string of the molecule is CCCCCCCCCC(C(N)=O)C(N)=O. The number of nitrogens with two attached hydrogens (primary N) is 2. The largest absolute Gasteiger partial charge is 0.369 e. The summed E-state index contributed by atoms with van der Waals surface area (Å²) in [4.78, 5) is 21.7. The van der Waals surface area contributed by atoms with Crippen LogP contribution >= 0.6 is 0 Å². The van der Waals surface area contributed by atoms with Crippen LogP contribution in [0.2, 0.25) is 0 Å². The molecule has 0 saturated heterocycles. The lowest BCUT2D eigenvalue weighted by molar-refractivity contribution is -0.131. The molecular formula is C12H24N2O2. The van der Waals surface area contributed by atoms with Crippen LogP contribution in [0.3, 0.4) is 0 Å². The van der Waals surface area contributed by atoms with E-state index in [1.165, 1.54) is 25.7 Å². The number of hydrogen-bond donors (Lipinski definition) is 2. The smallest absolute Gasteiger partial charge is 0.229 e. The summed E-state index contributed by atoms with van der Waals surface area (Å²) in [6.07, 6.45) is 8.57. The van der Waals surface area contributed by atoms with E-state index in [0.717, 1.165) is 19.3 Å². The van der Waals surface area contributed by atoms with Gasteiger partial charge in [-0.3, -0.25) is 9.59 Å². The summed E-state index contributed by atoms with van der Waals surface area (Å²) in [5, 5.41) is 0. The quantitative estimate of drug-likeness (QED) is 0.440. The Morgan fingerprint density at radius 1 is 0.875 bits per heavy atom. The summed E-state index contributed by atoms with van der Waals surface area (Å²) in [5.41, 5.74) is 10.2. The number of unbranched alkanes of at least 4 members (excludes halogenated alkanes) is 6. The predicted octanol–water partition coefficient (Wildman–Crippen LogP) is 1.71. The molecule has 0 unspecified atom stereocenters. The second-order valence-corrected chi connectivity index (χ2v) is 4.27. The van der Waals surface area contributed by atoms with Crippen molar-refractivity contribution in [3.8, 4) is 0 Å². The fourth-order valence-electron chi connectivity index (χ4n) is 1.73. The lowest BCUT2D eigenvalue weighted by Crippen LogP contribution is -2.34. The number of primary amides is 2. The highest BCUT2D eigenvalue weighted by Crippen LogP contribution is 2.12. The first kappa shape index (κ1) is 14.9. The van der Waals surface area contributed by atoms with E-state index in [2.05, 4.69) is 6.92 Å². The van der Waals surface area contributed by atoms with Crippen molar-refractivity contribution in [1.29, 1.82) is 0 Å². The van der Waals surface area contributed by atoms with Crippen molar-refractivity contribution >= 4 is 11.8 Å². The molecule has 0 rings (SSSR count). The minimum absolute atomic E-state index is 0.498. The van der Waals surface area contributed by atoms with Crippen LogP contribution in [-0.2, 0) is 9.59 Å². The molecule has 4 heteroatoms. The molecule has 0 aliphatic carbocycles. The summed E-state index contributed by atoms with van der Waals surface area (Å²) in [6.45, 7) is 2.18. The van der Waals surface area contributed by atoms with E-state index in [9.17, 15) is 9.59 Å². The van der Waals surface area contributed by atoms with E-state index in [4.69, 9.17) is 11.5 Å². The molecule has 94 valence electrons. The van der Waals surface area contributed by atoms with Gasteiger partial charge in [-0.05, 0) is 6.42 Å². The molecule has 0 fully saturated rings. The summed E-state index contributed by atoms with van der Waals surface area (Å²) < 4.78 is 0. The van der Waals surface area contributed by atoms with Crippen molar-refractivity contribution in [2.75, 3.05) is 0 Å². The van der Waals surface area contributed by atoms with Crippen LogP contribution in [-0.4, -0.2) is 11.8 Å². The average molecular weight is 228 g/mol. The average Bonchev–Trinajstić information content (AvgIpc) is 2.21. The van der Waals surface area contributed by atoms with Crippen LogP contribution in [0.25, 0.3) is 0 Å². The van der Waals surface area contributed by atoms with E-state index in [1.807, 2.05) is 0 Å². The Hall–Kier alpha value is -1.06. The molecule has 0 bridgehead atoms. The molecule has 0 aromatic rings. The molecule has 0 atom stereocenters. The molecule has 0 radical (unpaired) electrons. The van der Waals surface area contributed by atoms with Gasteiger partial charge in [0, 0.05) is 0 Å². The molecule has 0 aromatic heterocycles. The second-order valence-electron chi connectivity index (χ2n) is 4.27. The zero-order chi connectivity index (χ0) is 12.4. The van der Waals surface area contributed by atoms with E-state index < -0.39 is 17.7 Å². The highest BCUT2D eigenvalue weighted by atomic mass is 16.2. The molecule has 0 aliphatic heterocycles. The lowest BCUT2D eigenvalue weighted by atomic mass is 9.99. The van der Waals surface area contributed by atoms with Gasteiger partial charge < -0.3 is 11.5 Å². The monoisotopic (exact) mass is 228 g/mol. The molecule has 0 aliphatic rings.